The van der Waals surface area contributed by atoms with E-state index in [0.29, 0.717) is 6.54 Å². The highest BCUT2D eigenvalue weighted by Crippen LogP contribution is 2.09. The van der Waals surface area contributed by atoms with Crippen LogP contribution in [0.4, 0.5) is 0 Å². The molecule has 0 aliphatic carbocycles. The molecular weight excluding hydrogens is 286 g/mol. The Balaban J connectivity index is 1.81. The van der Waals surface area contributed by atoms with Crippen molar-refractivity contribution in [3.05, 3.63) is 34.9 Å². The van der Waals surface area contributed by atoms with E-state index in [1.54, 1.807) is 4.90 Å². The predicted octanol–water partition coefficient (Wildman–Crippen LogP) is -0.852. The van der Waals surface area contributed by atoms with Crippen LogP contribution in [-0.2, 0) is 11.3 Å². The molecule has 4 nitrogen and oxygen atoms in total. The van der Waals surface area contributed by atoms with Crippen molar-refractivity contribution in [2.75, 3.05) is 32.7 Å². The molecule has 0 aromatic heterocycles. The van der Waals surface area contributed by atoms with E-state index in [1.807, 2.05) is 32.0 Å². The van der Waals surface area contributed by atoms with E-state index in [0.717, 1.165) is 37.7 Å². The molecule has 1 aromatic rings. The Labute approximate surface area is 132 Å². The second kappa shape index (κ2) is 7.78. The van der Waals surface area contributed by atoms with Crippen molar-refractivity contribution < 1.29 is 14.6 Å². The van der Waals surface area contributed by atoms with E-state index in [9.17, 15) is 4.79 Å². The van der Waals surface area contributed by atoms with Crippen LogP contribution in [0.5, 0.6) is 0 Å². The normalized spacial score (nSPS) is 23.6. The van der Waals surface area contributed by atoms with Crippen molar-refractivity contribution in [3.8, 4) is 0 Å². The van der Waals surface area contributed by atoms with Crippen molar-refractivity contribution in [3.63, 3.8) is 0 Å². The highest BCUT2D eigenvalue weighted by molar-refractivity contribution is 6.30. The summed E-state index contributed by atoms with van der Waals surface area (Å²) in [6, 6.07) is 8.16. The number of likely N-dealkylation sites (N-methyl/N-ethyl adjacent to an activating group) is 1. The molecule has 1 amide bonds. The van der Waals surface area contributed by atoms with Crippen molar-refractivity contribution in [2.24, 2.45) is 0 Å². The number of quaternary nitrogens is 2. The second-order valence-corrected chi connectivity index (χ2v) is 6.27. The fourth-order valence-corrected chi connectivity index (χ4v) is 3.20. The van der Waals surface area contributed by atoms with Crippen LogP contribution >= 0.6 is 11.6 Å². The van der Waals surface area contributed by atoms with Gasteiger partial charge in [0.25, 0.3) is 5.91 Å². The fraction of sp³-hybridized carbons (Fsp3) is 0.562. The van der Waals surface area contributed by atoms with E-state index in [2.05, 4.69) is 11.4 Å². The van der Waals surface area contributed by atoms with Gasteiger partial charge in [0.2, 0.25) is 0 Å². The summed E-state index contributed by atoms with van der Waals surface area (Å²) < 4.78 is 0. The quantitative estimate of drug-likeness (QED) is 0.651. The van der Waals surface area contributed by atoms with Crippen LogP contribution in [0.25, 0.3) is 0 Å². The Morgan fingerprint density at radius 3 is 2.67 bits per heavy atom. The van der Waals surface area contributed by atoms with Gasteiger partial charge in [0, 0.05) is 17.1 Å². The SMILES string of the molecule is CCNC(=O)[C@@H](C)[NH+]1CC[NH+](Cc2cccc(Cl)c2)CC1. The van der Waals surface area contributed by atoms with Crippen LogP contribution in [0.2, 0.25) is 5.02 Å². The summed E-state index contributed by atoms with van der Waals surface area (Å²) in [6.45, 7) is 10.0. The van der Waals surface area contributed by atoms with Crippen LogP contribution in [-0.4, -0.2) is 44.7 Å². The van der Waals surface area contributed by atoms with Crippen LogP contribution in [0.15, 0.2) is 24.3 Å². The van der Waals surface area contributed by atoms with Gasteiger partial charge in [-0.05, 0) is 26.0 Å². The lowest BCUT2D eigenvalue weighted by Gasteiger charge is -2.32. The third-order valence-corrected chi connectivity index (χ3v) is 4.53. The zero-order valence-corrected chi connectivity index (χ0v) is 13.7. The smallest absolute Gasteiger partial charge is 0.278 e. The van der Waals surface area contributed by atoms with Crippen LogP contribution in [0.3, 0.4) is 0 Å². The minimum Gasteiger partial charge on any atom is -0.351 e. The highest BCUT2D eigenvalue weighted by Gasteiger charge is 2.30. The average Bonchev–Trinajstić information content (AvgIpc) is 2.47. The van der Waals surface area contributed by atoms with Gasteiger partial charge >= 0.3 is 0 Å². The molecule has 5 heteroatoms. The zero-order valence-electron chi connectivity index (χ0n) is 12.9. The average molecular weight is 312 g/mol. The fourth-order valence-electron chi connectivity index (χ4n) is 2.98. The molecule has 1 aliphatic heterocycles. The van der Waals surface area contributed by atoms with Gasteiger partial charge in [-0.25, -0.2) is 0 Å². The van der Waals surface area contributed by atoms with Gasteiger partial charge in [0.05, 0.1) is 0 Å². The number of hydrogen-bond acceptors (Lipinski definition) is 1. The molecule has 1 atom stereocenters. The number of piperazine rings is 1. The number of hydrogen-bond donors (Lipinski definition) is 3. The monoisotopic (exact) mass is 311 g/mol. The summed E-state index contributed by atoms with van der Waals surface area (Å²) in [6.07, 6.45) is 0. The van der Waals surface area contributed by atoms with Crippen molar-refractivity contribution in [1.29, 1.82) is 0 Å². The first-order valence-electron chi connectivity index (χ1n) is 7.80. The summed E-state index contributed by atoms with van der Waals surface area (Å²) >= 11 is 6.03. The van der Waals surface area contributed by atoms with Gasteiger partial charge in [0.1, 0.15) is 32.7 Å². The number of nitrogens with one attached hydrogen (secondary N) is 3. The van der Waals surface area contributed by atoms with Crippen LogP contribution < -0.4 is 15.1 Å². The Kier molecular flexibility index (Phi) is 6.03. The van der Waals surface area contributed by atoms with Crippen LogP contribution in [0, 0.1) is 0 Å². The summed E-state index contributed by atoms with van der Waals surface area (Å²) in [5.74, 6) is 0.172. The molecular formula is C16H26ClN3O+2. The molecule has 0 unspecified atom stereocenters. The molecule has 0 bridgehead atoms. The Bertz CT molecular complexity index is 472. The minimum absolute atomic E-state index is 0.0534. The molecule has 0 radical (unpaired) electrons. The number of amides is 1. The van der Waals surface area contributed by atoms with E-state index in [4.69, 9.17) is 11.6 Å². The van der Waals surface area contributed by atoms with Crippen molar-refractivity contribution in [2.45, 2.75) is 26.4 Å². The third-order valence-electron chi connectivity index (χ3n) is 4.30. The molecule has 116 valence electrons. The molecule has 1 heterocycles. The topological polar surface area (TPSA) is 38.0 Å². The van der Waals surface area contributed by atoms with Crippen molar-refractivity contribution >= 4 is 17.5 Å². The molecule has 1 aromatic carbocycles. The first kappa shape index (κ1) is 16.3. The predicted molar refractivity (Wildman–Crippen MR) is 84.7 cm³/mol. The lowest BCUT2D eigenvalue weighted by atomic mass is 10.1. The maximum atomic E-state index is 11.9. The van der Waals surface area contributed by atoms with Gasteiger partial charge in [-0.2, -0.15) is 0 Å². The molecule has 0 spiro atoms. The maximum absolute atomic E-state index is 11.9. The highest BCUT2D eigenvalue weighted by atomic mass is 35.5. The van der Waals surface area contributed by atoms with E-state index in [1.165, 1.54) is 10.5 Å². The number of rotatable bonds is 5. The van der Waals surface area contributed by atoms with Gasteiger partial charge in [0.15, 0.2) is 6.04 Å². The summed E-state index contributed by atoms with van der Waals surface area (Å²) in [7, 11) is 0. The summed E-state index contributed by atoms with van der Waals surface area (Å²) in [4.78, 5) is 14.9. The molecule has 1 fully saturated rings. The van der Waals surface area contributed by atoms with Crippen LogP contribution in [0.1, 0.15) is 19.4 Å². The lowest BCUT2D eigenvalue weighted by molar-refractivity contribution is -1.02. The number of carbonyl (C=O) groups excluding carboxylic acids is 1. The molecule has 3 N–H and O–H groups in total. The maximum Gasteiger partial charge on any atom is 0.278 e. The summed E-state index contributed by atoms with van der Waals surface area (Å²) in [5.41, 5.74) is 1.29. The Hall–Kier alpha value is -1.10. The number of benzene rings is 1. The van der Waals surface area contributed by atoms with Crippen molar-refractivity contribution in [1.82, 2.24) is 5.32 Å². The first-order chi connectivity index (χ1) is 10.1. The molecule has 21 heavy (non-hydrogen) atoms. The van der Waals surface area contributed by atoms with Gasteiger partial charge in [-0.3, -0.25) is 4.79 Å². The molecule has 0 saturated carbocycles. The zero-order chi connectivity index (χ0) is 15.2. The number of halogens is 1. The second-order valence-electron chi connectivity index (χ2n) is 5.83. The van der Waals surface area contributed by atoms with E-state index in [-0.39, 0.29) is 11.9 Å². The van der Waals surface area contributed by atoms with E-state index >= 15 is 0 Å². The Morgan fingerprint density at radius 2 is 2.05 bits per heavy atom. The third kappa shape index (κ3) is 4.70. The van der Waals surface area contributed by atoms with Gasteiger partial charge in [-0.15, -0.1) is 0 Å². The Morgan fingerprint density at radius 1 is 1.33 bits per heavy atom. The van der Waals surface area contributed by atoms with Gasteiger partial charge in [-0.1, -0.05) is 23.7 Å². The molecule has 2 rings (SSSR count). The minimum atomic E-state index is 0.0534. The van der Waals surface area contributed by atoms with Gasteiger partial charge < -0.3 is 15.1 Å². The number of carbonyl (C=O) groups is 1. The largest absolute Gasteiger partial charge is 0.351 e. The first-order valence-corrected chi connectivity index (χ1v) is 8.18. The standard InChI is InChI=1S/C16H24ClN3O/c1-3-18-16(21)13(2)20-9-7-19(8-10-20)12-14-5-4-6-15(17)11-14/h4-6,11,13H,3,7-10,12H2,1-2H3,(H,18,21)/p+2/t13-/m1/s1. The summed E-state index contributed by atoms with van der Waals surface area (Å²) in [5, 5.41) is 3.73. The molecule has 1 saturated heterocycles. The lowest BCUT2D eigenvalue weighted by Crippen LogP contribution is -3.29. The van der Waals surface area contributed by atoms with E-state index < -0.39 is 0 Å². The molecule has 1 aliphatic rings.